The van der Waals surface area contributed by atoms with Crippen molar-refractivity contribution in [2.45, 2.75) is 72.1 Å². The molecular formula is C32H43N5O6. The number of imidazole rings is 1. The van der Waals surface area contributed by atoms with Crippen LogP contribution in [0.25, 0.3) is 11.2 Å². The fraction of sp³-hybridized carbons (Fsp3) is 0.469. The SMILES string of the molecule is CCCCN(CC(O)COc1ccccc1OCc1ccccc1)CC(O)Cn1c(=O)c2c(ncn2CC)n(CC)c1=O. The lowest BCUT2D eigenvalue weighted by molar-refractivity contribution is 0.0395. The molecular weight excluding hydrogens is 550 g/mol. The summed E-state index contributed by atoms with van der Waals surface area (Å²) < 4.78 is 16.2. The molecule has 43 heavy (non-hydrogen) atoms. The first-order valence-electron chi connectivity index (χ1n) is 15.0. The molecule has 4 aromatic rings. The predicted octanol–water partition coefficient (Wildman–Crippen LogP) is 2.88. The van der Waals surface area contributed by atoms with Crippen molar-refractivity contribution < 1.29 is 19.7 Å². The third-order valence-corrected chi connectivity index (χ3v) is 7.32. The van der Waals surface area contributed by atoms with Crippen LogP contribution in [0.5, 0.6) is 11.5 Å². The number of ether oxygens (including phenoxy) is 2. The lowest BCUT2D eigenvalue weighted by Gasteiger charge is -2.27. The van der Waals surface area contributed by atoms with Crippen LogP contribution in [0.3, 0.4) is 0 Å². The van der Waals surface area contributed by atoms with Crippen molar-refractivity contribution in [1.29, 1.82) is 0 Å². The number of benzene rings is 2. The van der Waals surface area contributed by atoms with Gasteiger partial charge in [-0.05, 0) is 44.5 Å². The molecule has 2 aromatic heterocycles. The van der Waals surface area contributed by atoms with Gasteiger partial charge in [0.1, 0.15) is 19.3 Å². The molecule has 232 valence electrons. The summed E-state index contributed by atoms with van der Waals surface area (Å²) >= 11 is 0. The minimum atomic E-state index is -1.01. The molecule has 11 nitrogen and oxygen atoms in total. The highest BCUT2D eigenvalue weighted by Crippen LogP contribution is 2.27. The molecule has 2 unspecified atom stereocenters. The average molecular weight is 594 g/mol. The van der Waals surface area contributed by atoms with E-state index in [-0.39, 0.29) is 26.2 Å². The predicted molar refractivity (Wildman–Crippen MR) is 166 cm³/mol. The Morgan fingerprint density at radius 2 is 1.53 bits per heavy atom. The highest BCUT2D eigenvalue weighted by Gasteiger charge is 2.21. The van der Waals surface area contributed by atoms with Crippen molar-refractivity contribution in [2.75, 3.05) is 26.2 Å². The van der Waals surface area contributed by atoms with E-state index in [4.69, 9.17) is 9.47 Å². The molecule has 0 spiro atoms. The number of rotatable bonds is 17. The van der Waals surface area contributed by atoms with Gasteiger partial charge in [-0.25, -0.2) is 9.78 Å². The van der Waals surface area contributed by atoms with E-state index in [1.165, 1.54) is 4.57 Å². The van der Waals surface area contributed by atoms with Crippen molar-refractivity contribution in [1.82, 2.24) is 23.6 Å². The summed E-state index contributed by atoms with van der Waals surface area (Å²) in [6.45, 7) is 8.00. The molecule has 2 heterocycles. The summed E-state index contributed by atoms with van der Waals surface area (Å²) in [6, 6.07) is 17.2. The highest BCUT2D eigenvalue weighted by atomic mass is 16.5. The van der Waals surface area contributed by atoms with Crippen molar-refractivity contribution in [2.24, 2.45) is 0 Å². The average Bonchev–Trinajstić information content (AvgIpc) is 3.45. The number of aliphatic hydroxyl groups is 2. The summed E-state index contributed by atoms with van der Waals surface area (Å²) in [7, 11) is 0. The van der Waals surface area contributed by atoms with Crippen molar-refractivity contribution in [3.63, 3.8) is 0 Å². The van der Waals surface area contributed by atoms with E-state index >= 15 is 0 Å². The molecule has 0 saturated heterocycles. The normalized spacial score (nSPS) is 13.0. The largest absolute Gasteiger partial charge is 0.487 e. The number of aryl methyl sites for hydroxylation is 2. The molecule has 0 aliphatic rings. The lowest BCUT2D eigenvalue weighted by Crippen LogP contribution is -2.46. The van der Waals surface area contributed by atoms with Gasteiger partial charge in [-0.2, -0.15) is 0 Å². The van der Waals surface area contributed by atoms with Crippen molar-refractivity contribution >= 4 is 11.2 Å². The smallest absolute Gasteiger partial charge is 0.332 e. The maximum absolute atomic E-state index is 13.3. The Hall–Kier alpha value is -3.93. The van der Waals surface area contributed by atoms with E-state index in [2.05, 4.69) is 11.9 Å². The summed E-state index contributed by atoms with van der Waals surface area (Å²) in [5, 5.41) is 21.9. The summed E-state index contributed by atoms with van der Waals surface area (Å²) in [5.74, 6) is 1.12. The molecule has 4 rings (SSSR count). The quantitative estimate of drug-likeness (QED) is 0.192. The minimum absolute atomic E-state index is 0.0305. The molecule has 0 bridgehead atoms. The first-order chi connectivity index (χ1) is 20.9. The topological polar surface area (TPSA) is 124 Å². The number of aliphatic hydroxyl groups excluding tert-OH is 2. The van der Waals surface area contributed by atoms with Gasteiger partial charge >= 0.3 is 5.69 Å². The van der Waals surface area contributed by atoms with Gasteiger partial charge < -0.3 is 24.3 Å². The number of unbranched alkanes of at least 4 members (excludes halogenated alkanes) is 1. The molecule has 2 aromatic carbocycles. The summed E-state index contributed by atoms with van der Waals surface area (Å²) in [5.41, 5.74) is 0.769. The third-order valence-electron chi connectivity index (χ3n) is 7.32. The molecule has 0 saturated carbocycles. The van der Waals surface area contributed by atoms with Gasteiger partial charge in [0, 0.05) is 26.2 Å². The Labute approximate surface area is 251 Å². The number of para-hydroxylation sites is 2. The van der Waals surface area contributed by atoms with E-state index < -0.39 is 23.5 Å². The lowest BCUT2D eigenvalue weighted by atomic mass is 10.2. The van der Waals surface area contributed by atoms with Gasteiger partial charge in [0.25, 0.3) is 5.56 Å². The van der Waals surface area contributed by atoms with Crippen LogP contribution in [0.2, 0.25) is 0 Å². The van der Waals surface area contributed by atoms with Crippen LogP contribution >= 0.6 is 0 Å². The van der Waals surface area contributed by atoms with Crippen LogP contribution in [0, 0.1) is 0 Å². The second-order valence-corrected chi connectivity index (χ2v) is 10.6. The van der Waals surface area contributed by atoms with Crippen LogP contribution < -0.4 is 20.7 Å². The van der Waals surface area contributed by atoms with Gasteiger partial charge in [-0.15, -0.1) is 0 Å². The van der Waals surface area contributed by atoms with E-state index in [1.807, 2.05) is 67.3 Å². The Kier molecular flexibility index (Phi) is 11.5. The van der Waals surface area contributed by atoms with Gasteiger partial charge in [0.2, 0.25) is 0 Å². The number of nitrogens with zero attached hydrogens (tertiary/aromatic N) is 5. The van der Waals surface area contributed by atoms with Gasteiger partial charge in [-0.3, -0.25) is 18.8 Å². The van der Waals surface area contributed by atoms with E-state index in [9.17, 15) is 19.8 Å². The Balaban J connectivity index is 1.40. The highest BCUT2D eigenvalue weighted by molar-refractivity contribution is 5.70. The Morgan fingerprint density at radius 3 is 2.21 bits per heavy atom. The molecule has 2 N–H and O–H groups in total. The summed E-state index contributed by atoms with van der Waals surface area (Å²) in [6.07, 6.45) is 1.50. The number of fused-ring (bicyclic) bond motifs is 1. The maximum atomic E-state index is 13.3. The van der Waals surface area contributed by atoms with Crippen LogP contribution in [0.1, 0.15) is 39.2 Å². The number of hydrogen-bond acceptors (Lipinski definition) is 8. The van der Waals surface area contributed by atoms with E-state index in [1.54, 1.807) is 17.0 Å². The molecule has 11 heteroatoms. The zero-order chi connectivity index (χ0) is 30.8. The molecule has 0 fully saturated rings. The maximum Gasteiger partial charge on any atom is 0.332 e. The first-order valence-corrected chi connectivity index (χ1v) is 15.0. The van der Waals surface area contributed by atoms with Crippen LogP contribution in [-0.4, -0.2) is 72.2 Å². The molecule has 0 aliphatic carbocycles. The third kappa shape index (κ3) is 8.13. The number of hydrogen-bond donors (Lipinski definition) is 2. The molecule has 0 radical (unpaired) electrons. The zero-order valence-electron chi connectivity index (χ0n) is 25.3. The molecule has 2 atom stereocenters. The summed E-state index contributed by atoms with van der Waals surface area (Å²) in [4.78, 5) is 32.7. The van der Waals surface area contributed by atoms with Gasteiger partial charge in [0.05, 0.1) is 19.0 Å². The van der Waals surface area contributed by atoms with E-state index in [0.29, 0.717) is 48.9 Å². The first kappa shape index (κ1) is 32.0. The van der Waals surface area contributed by atoms with Crippen LogP contribution in [-0.2, 0) is 26.2 Å². The monoisotopic (exact) mass is 593 g/mol. The van der Waals surface area contributed by atoms with Gasteiger partial charge in [0.15, 0.2) is 22.7 Å². The van der Waals surface area contributed by atoms with Crippen molar-refractivity contribution in [3.8, 4) is 11.5 Å². The standard InChI is InChI=1S/C32H43N5O6/c1-4-7-17-34(18-25(38)20-37-31(40)29-30(33-23-35(29)5-2)36(6-3)32(37)41)19-26(39)22-43-28-16-12-11-15-27(28)42-21-24-13-9-8-10-14-24/h8-16,23,25-26,38-39H,4-7,17-22H2,1-3H3. The fourth-order valence-corrected chi connectivity index (χ4v) is 5.09. The van der Waals surface area contributed by atoms with Crippen LogP contribution in [0.4, 0.5) is 0 Å². The number of aromatic nitrogens is 4. The molecule has 0 aliphatic heterocycles. The Morgan fingerprint density at radius 1 is 0.860 bits per heavy atom. The van der Waals surface area contributed by atoms with Crippen molar-refractivity contribution in [3.05, 3.63) is 87.3 Å². The minimum Gasteiger partial charge on any atom is -0.487 e. The Bertz CT molecular complexity index is 1560. The van der Waals surface area contributed by atoms with Crippen LogP contribution in [0.15, 0.2) is 70.5 Å². The fourth-order valence-electron chi connectivity index (χ4n) is 5.09. The molecule has 0 amide bonds. The second kappa shape index (κ2) is 15.5. The zero-order valence-corrected chi connectivity index (χ0v) is 25.3. The van der Waals surface area contributed by atoms with E-state index in [0.717, 1.165) is 23.0 Å². The van der Waals surface area contributed by atoms with Gasteiger partial charge in [-0.1, -0.05) is 55.8 Å². The second-order valence-electron chi connectivity index (χ2n) is 10.6.